The fourth-order valence-corrected chi connectivity index (χ4v) is 5.09. The molecule has 0 N–H and O–H groups in total. The van der Waals surface area contributed by atoms with E-state index in [1.165, 1.54) is 40.1 Å². The topological polar surface area (TPSA) is 55.2 Å². The van der Waals surface area contributed by atoms with Gasteiger partial charge in [-0.3, -0.25) is 14.5 Å². The summed E-state index contributed by atoms with van der Waals surface area (Å²) < 4.78 is 15.9. The molecule has 1 aliphatic heterocycles. The van der Waals surface area contributed by atoms with Gasteiger partial charge in [-0.2, -0.15) is 0 Å². The van der Waals surface area contributed by atoms with E-state index in [1.54, 1.807) is 41.1 Å². The van der Waals surface area contributed by atoms with E-state index in [-0.39, 0.29) is 17.6 Å². The number of aromatic nitrogens is 2. The third-order valence-corrected chi connectivity index (χ3v) is 6.36. The number of rotatable bonds is 5. The predicted molar refractivity (Wildman–Crippen MR) is 105 cm³/mol. The molecule has 27 heavy (non-hydrogen) atoms. The van der Waals surface area contributed by atoms with Gasteiger partial charge in [0.1, 0.15) is 5.82 Å². The maximum Gasteiger partial charge on any atom is 0.261 e. The number of halogens is 1. The molecule has 136 valence electrons. The van der Waals surface area contributed by atoms with Crippen LogP contribution in [0.3, 0.4) is 0 Å². The molecule has 0 radical (unpaired) electrons. The first-order valence-electron chi connectivity index (χ1n) is 7.99. The average Bonchev–Trinajstić information content (AvgIpc) is 3.15. The molecule has 9 heteroatoms. The van der Waals surface area contributed by atoms with Gasteiger partial charge in [-0.25, -0.2) is 9.07 Å². The van der Waals surface area contributed by atoms with Gasteiger partial charge in [-0.05, 0) is 48.6 Å². The summed E-state index contributed by atoms with van der Waals surface area (Å²) in [4.78, 5) is 26.0. The normalized spacial score (nSPS) is 13.3. The number of carbonyl (C=O) groups is 2. The fraction of sp³-hybridized carbons (Fsp3) is 0.111. The van der Waals surface area contributed by atoms with Gasteiger partial charge < -0.3 is 0 Å². The quantitative estimate of drug-likeness (QED) is 0.354. The van der Waals surface area contributed by atoms with Gasteiger partial charge in [0.2, 0.25) is 0 Å². The number of imide groups is 1. The molecule has 0 spiro atoms. The molecule has 0 fully saturated rings. The van der Waals surface area contributed by atoms with Crippen molar-refractivity contribution in [2.45, 2.75) is 4.34 Å². The molecule has 2 aromatic carbocycles. The van der Waals surface area contributed by atoms with Crippen LogP contribution in [-0.2, 0) is 0 Å². The molecule has 0 saturated heterocycles. The van der Waals surface area contributed by atoms with Gasteiger partial charge in [0.25, 0.3) is 11.8 Å². The highest BCUT2D eigenvalue weighted by Crippen LogP contribution is 2.26. The van der Waals surface area contributed by atoms with Gasteiger partial charge >= 0.3 is 0 Å². The van der Waals surface area contributed by atoms with E-state index >= 15 is 0 Å². The Bertz CT molecular complexity index is 1060. The zero-order valence-electron chi connectivity index (χ0n) is 13.8. The van der Waals surface area contributed by atoms with Crippen LogP contribution < -0.4 is 0 Å². The number of hydrogen-bond donors (Lipinski definition) is 0. The second-order valence-electron chi connectivity index (χ2n) is 5.68. The van der Waals surface area contributed by atoms with E-state index in [2.05, 4.69) is 5.10 Å². The summed E-state index contributed by atoms with van der Waals surface area (Å²) >= 11 is 8.08. The third-order valence-electron chi connectivity index (χ3n) is 4.02. The van der Waals surface area contributed by atoms with Gasteiger partial charge in [0, 0.05) is 12.3 Å². The molecular formula is C18H12FN3O2S3. The lowest BCUT2D eigenvalue weighted by Gasteiger charge is -2.12. The van der Waals surface area contributed by atoms with Crippen molar-refractivity contribution in [2.75, 3.05) is 12.3 Å². The van der Waals surface area contributed by atoms with Crippen LogP contribution in [0.25, 0.3) is 5.69 Å². The van der Waals surface area contributed by atoms with E-state index in [0.717, 1.165) is 4.34 Å². The van der Waals surface area contributed by atoms with E-state index in [4.69, 9.17) is 12.2 Å². The summed E-state index contributed by atoms with van der Waals surface area (Å²) in [6.45, 7) is 0.292. The average molecular weight is 418 g/mol. The standard InChI is InChI=1S/C18H12FN3O2S3/c19-11-5-7-12(8-6-11)22-18(25)27-17(20-22)26-10-9-21-15(23)13-3-1-2-4-14(13)16(21)24/h1-8H,9-10H2. The largest absolute Gasteiger partial charge is 0.273 e. The summed E-state index contributed by atoms with van der Waals surface area (Å²) in [5.74, 6) is -0.339. The summed E-state index contributed by atoms with van der Waals surface area (Å²) in [6, 6.07) is 12.7. The minimum Gasteiger partial charge on any atom is -0.273 e. The number of nitrogens with zero attached hydrogens (tertiary/aromatic N) is 3. The minimum atomic E-state index is -0.323. The molecule has 0 saturated carbocycles. The molecule has 1 aliphatic rings. The first-order valence-corrected chi connectivity index (χ1v) is 10.2. The molecule has 3 aromatic rings. The van der Waals surface area contributed by atoms with Crippen molar-refractivity contribution >= 4 is 47.1 Å². The van der Waals surface area contributed by atoms with E-state index in [9.17, 15) is 14.0 Å². The molecule has 1 aromatic heterocycles. The molecule has 5 nitrogen and oxygen atoms in total. The molecule has 0 atom stereocenters. The maximum atomic E-state index is 13.1. The van der Waals surface area contributed by atoms with Crippen LogP contribution in [0.4, 0.5) is 4.39 Å². The molecule has 4 rings (SSSR count). The van der Waals surface area contributed by atoms with E-state index in [1.807, 2.05) is 0 Å². The second kappa shape index (κ2) is 7.34. The Morgan fingerprint density at radius 1 is 1.04 bits per heavy atom. The molecule has 2 amide bonds. The Labute approximate surface area is 167 Å². The van der Waals surface area contributed by atoms with Gasteiger partial charge in [-0.1, -0.05) is 35.2 Å². The van der Waals surface area contributed by atoms with Crippen molar-refractivity contribution in [2.24, 2.45) is 0 Å². The smallest absolute Gasteiger partial charge is 0.261 e. The Hall–Kier alpha value is -2.36. The van der Waals surface area contributed by atoms with Crippen LogP contribution in [0.1, 0.15) is 20.7 Å². The summed E-state index contributed by atoms with van der Waals surface area (Å²) in [7, 11) is 0. The van der Waals surface area contributed by atoms with Crippen molar-refractivity contribution in [1.82, 2.24) is 14.7 Å². The molecule has 0 aliphatic carbocycles. The van der Waals surface area contributed by atoms with Gasteiger partial charge in [0.15, 0.2) is 8.29 Å². The van der Waals surface area contributed by atoms with Crippen molar-refractivity contribution in [3.63, 3.8) is 0 Å². The monoisotopic (exact) mass is 417 g/mol. The lowest BCUT2D eigenvalue weighted by Crippen LogP contribution is -2.31. The van der Waals surface area contributed by atoms with Crippen LogP contribution >= 0.6 is 35.3 Å². The number of fused-ring (bicyclic) bond motifs is 1. The SMILES string of the molecule is O=C1c2ccccc2C(=O)N1CCSc1nn(-c2ccc(F)cc2)c(=S)s1. The maximum absolute atomic E-state index is 13.1. The Morgan fingerprint density at radius 2 is 1.67 bits per heavy atom. The summed E-state index contributed by atoms with van der Waals surface area (Å²) in [5.41, 5.74) is 1.58. The zero-order valence-corrected chi connectivity index (χ0v) is 16.2. The van der Waals surface area contributed by atoms with Crippen molar-refractivity contribution < 1.29 is 14.0 Å². The van der Waals surface area contributed by atoms with Crippen molar-refractivity contribution in [1.29, 1.82) is 0 Å². The number of benzene rings is 2. The number of hydrogen-bond acceptors (Lipinski definition) is 6. The van der Waals surface area contributed by atoms with Gasteiger partial charge in [-0.15, -0.1) is 5.10 Å². The highest BCUT2D eigenvalue weighted by molar-refractivity contribution is 8.01. The van der Waals surface area contributed by atoms with E-state index in [0.29, 0.717) is 33.1 Å². The van der Waals surface area contributed by atoms with Crippen LogP contribution in [0.15, 0.2) is 52.9 Å². The number of amides is 2. The van der Waals surface area contributed by atoms with Gasteiger partial charge in [0.05, 0.1) is 16.8 Å². The van der Waals surface area contributed by atoms with Crippen molar-refractivity contribution in [3.05, 3.63) is 69.4 Å². The summed E-state index contributed by atoms with van der Waals surface area (Å²) in [5, 5.41) is 4.43. The molecule has 2 heterocycles. The zero-order chi connectivity index (χ0) is 19.0. The fourth-order valence-electron chi connectivity index (χ4n) is 2.73. The van der Waals surface area contributed by atoms with E-state index < -0.39 is 0 Å². The lowest BCUT2D eigenvalue weighted by atomic mass is 10.1. The van der Waals surface area contributed by atoms with Crippen LogP contribution in [-0.4, -0.2) is 38.8 Å². The Balaban J connectivity index is 1.43. The molecule has 0 bridgehead atoms. The predicted octanol–water partition coefficient (Wildman–Crippen LogP) is 4.19. The molecular weight excluding hydrogens is 405 g/mol. The van der Waals surface area contributed by atoms with Crippen molar-refractivity contribution in [3.8, 4) is 5.69 Å². The van der Waals surface area contributed by atoms with Crippen LogP contribution in [0.5, 0.6) is 0 Å². The first kappa shape index (κ1) is 18.0. The highest BCUT2D eigenvalue weighted by Gasteiger charge is 2.34. The molecule has 0 unspecified atom stereocenters. The second-order valence-corrected chi connectivity index (χ2v) is 8.64. The lowest BCUT2D eigenvalue weighted by molar-refractivity contribution is 0.0664. The van der Waals surface area contributed by atoms with Crippen LogP contribution in [0.2, 0.25) is 0 Å². The Morgan fingerprint density at radius 3 is 2.30 bits per heavy atom. The number of carbonyl (C=O) groups excluding carboxylic acids is 2. The van der Waals surface area contributed by atoms with Crippen LogP contribution in [0, 0.1) is 9.77 Å². The first-order chi connectivity index (χ1) is 13.0. The number of thioether (sulfide) groups is 1. The summed E-state index contributed by atoms with van der Waals surface area (Å²) in [6.07, 6.45) is 0. The third kappa shape index (κ3) is 3.45. The highest BCUT2D eigenvalue weighted by atomic mass is 32.2. The Kier molecular flexibility index (Phi) is 4.90. The minimum absolute atomic E-state index is 0.263.